The lowest BCUT2D eigenvalue weighted by Gasteiger charge is -2.11. The molecule has 1 fully saturated rings. The Bertz CT molecular complexity index is 622. The zero-order chi connectivity index (χ0) is 17.5. The van der Waals surface area contributed by atoms with Crippen molar-refractivity contribution in [2.45, 2.75) is 38.8 Å². The second-order valence-corrected chi connectivity index (χ2v) is 5.54. The quantitative estimate of drug-likeness (QED) is 0.584. The number of rotatable bonds is 8. The van der Waals surface area contributed by atoms with Crippen molar-refractivity contribution in [2.75, 3.05) is 13.7 Å². The van der Waals surface area contributed by atoms with Crippen molar-refractivity contribution in [2.24, 2.45) is 0 Å². The SMILES string of the molecule is CCOc1ccc(/C=C/C(=O)OC(C)C(=O)NC2CC2)cc1OC. The number of carbonyl (C=O) groups is 2. The van der Waals surface area contributed by atoms with Gasteiger partial charge < -0.3 is 19.5 Å². The maximum absolute atomic E-state index is 11.8. The summed E-state index contributed by atoms with van der Waals surface area (Å²) in [6, 6.07) is 5.59. The fraction of sp³-hybridized carbons (Fsp3) is 0.444. The molecule has 1 aromatic carbocycles. The molecule has 1 aliphatic carbocycles. The smallest absolute Gasteiger partial charge is 0.331 e. The highest BCUT2D eigenvalue weighted by atomic mass is 16.5. The molecule has 0 aliphatic heterocycles. The van der Waals surface area contributed by atoms with Gasteiger partial charge in [0.1, 0.15) is 0 Å². The minimum atomic E-state index is -0.808. The van der Waals surface area contributed by atoms with Crippen LogP contribution >= 0.6 is 0 Å². The number of amides is 1. The number of hydrogen-bond acceptors (Lipinski definition) is 5. The molecule has 0 bridgehead atoms. The van der Waals surface area contributed by atoms with Crippen LogP contribution in [0, 0.1) is 0 Å². The summed E-state index contributed by atoms with van der Waals surface area (Å²) in [5.41, 5.74) is 0.766. The molecule has 1 saturated carbocycles. The zero-order valence-corrected chi connectivity index (χ0v) is 14.2. The van der Waals surface area contributed by atoms with Crippen LogP contribution in [0.3, 0.4) is 0 Å². The van der Waals surface area contributed by atoms with E-state index in [9.17, 15) is 9.59 Å². The first-order valence-electron chi connectivity index (χ1n) is 8.03. The van der Waals surface area contributed by atoms with E-state index in [0.717, 1.165) is 18.4 Å². The van der Waals surface area contributed by atoms with Crippen LogP contribution in [0.5, 0.6) is 11.5 Å². The predicted molar refractivity (Wildman–Crippen MR) is 89.9 cm³/mol. The lowest BCUT2D eigenvalue weighted by atomic mass is 10.2. The number of hydrogen-bond donors (Lipinski definition) is 1. The topological polar surface area (TPSA) is 73.9 Å². The molecule has 0 aromatic heterocycles. The summed E-state index contributed by atoms with van der Waals surface area (Å²) in [5, 5.41) is 2.80. The van der Waals surface area contributed by atoms with Gasteiger partial charge in [-0.3, -0.25) is 4.79 Å². The minimum Gasteiger partial charge on any atom is -0.493 e. The number of carbonyl (C=O) groups excluding carboxylic acids is 2. The fourth-order valence-electron chi connectivity index (χ4n) is 2.04. The third-order valence-electron chi connectivity index (χ3n) is 3.49. The van der Waals surface area contributed by atoms with Crippen LogP contribution in [-0.2, 0) is 14.3 Å². The molecule has 1 atom stereocenters. The normalized spacial score (nSPS) is 15.0. The Kier molecular flexibility index (Phi) is 6.23. The van der Waals surface area contributed by atoms with E-state index in [0.29, 0.717) is 18.1 Å². The molecule has 0 heterocycles. The van der Waals surface area contributed by atoms with Gasteiger partial charge in [-0.1, -0.05) is 6.07 Å². The molecule has 1 amide bonds. The van der Waals surface area contributed by atoms with Gasteiger partial charge in [-0.25, -0.2) is 4.79 Å². The zero-order valence-electron chi connectivity index (χ0n) is 14.2. The van der Waals surface area contributed by atoms with Crippen LogP contribution < -0.4 is 14.8 Å². The Hall–Kier alpha value is -2.50. The Morgan fingerprint density at radius 2 is 2.08 bits per heavy atom. The number of methoxy groups -OCH3 is 1. The standard InChI is InChI=1S/C18H23NO5/c1-4-23-15-9-5-13(11-16(15)22-3)6-10-17(20)24-12(2)18(21)19-14-7-8-14/h5-6,9-12,14H,4,7-8H2,1-3H3,(H,19,21)/b10-6+. The summed E-state index contributed by atoms with van der Waals surface area (Å²) >= 11 is 0. The first kappa shape index (κ1) is 17.8. The first-order chi connectivity index (χ1) is 11.5. The Morgan fingerprint density at radius 1 is 1.33 bits per heavy atom. The largest absolute Gasteiger partial charge is 0.493 e. The average Bonchev–Trinajstić information content (AvgIpc) is 3.38. The molecular formula is C18H23NO5. The third-order valence-corrected chi connectivity index (χ3v) is 3.49. The van der Waals surface area contributed by atoms with Crippen molar-refractivity contribution in [3.05, 3.63) is 29.8 Å². The summed E-state index contributed by atoms with van der Waals surface area (Å²) in [7, 11) is 1.56. The van der Waals surface area contributed by atoms with Gasteiger partial charge in [0, 0.05) is 12.1 Å². The average molecular weight is 333 g/mol. The lowest BCUT2D eigenvalue weighted by molar-refractivity contribution is -0.150. The van der Waals surface area contributed by atoms with E-state index >= 15 is 0 Å². The molecule has 1 aromatic rings. The fourth-order valence-corrected chi connectivity index (χ4v) is 2.04. The van der Waals surface area contributed by atoms with Gasteiger partial charge in [0.05, 0.1) is 13.7 Å². The molecule has 6 nitrogen and oxygen atoms in total. The summed E-state index contributed by atoms with van der Waals surface area (Å²) in [6.07, 6.45) is 4.07. The molecule has 0 radical (unpaired) electrons. The van der Waals surface area contributed by atoms with Gasteiger partial charge in [-0.05, 0) is 50.5 Å². The van der Waals surface area contributed by atoms with Crippen molar-refractivity contribution in [1.29, 1.82) is 0 Å². The van der Waals surface area contributed by atoms with Crippen LogP contribution in [0.25, 0.3) is 6.08 Å². The third kappa shape index (κ3) is 5.30. The molecular weight excluding hydrogens is 310 g/mol. The maximum Gasteiger partial charge on any atom is 0.331 e. The van der Waals surface area contributed by atoms with Crippen LogP contribution in [0.2, 0.25) is 0 Å². The molecule has 1 N–H and O–H groups in total. The van der Waals surface area contributed by atoms with E-state index in [1.807, 2.05) is 6.92 Å². The van der Waals surface area contributed by atoms with Gasteiger partial charge in [0.2, 0.25) is 0 Å². The molecule has 0 spiro atoms. The van der Waals surface area contributed by atoms with Crippen LogP contribution in [0.15, 0.2) is 24.3 Å². The van der Waals surface area contributed by atoms with Crippen LogP contribution in [0.1, 0.15) is 32.3 Å². The van der Waals surface area contributed by atoms with E-state index in [1.54, 1.807) is 38.3 Å². The molecule has 24 heavy (non-hydrogen) atoms. The van der Waals surface area contributed by atoms with E-state index in [4.69, 9.17) is 14.2 Å². The molecule has 2 rings (SSSR count). The van der Waals surface area contributed by atoms with Crippen LogP contribution in [0.4, 0.5) is 0 Å². The lowest BCUT2D eigenvalue weighted by Crippen LogP contribution is -2.36. The molecule has 1 aliphatic rings. The highest BCUT2D eigenvalue weighted by molar-refractivity contribution is 5.90. The molecule has 6 heteroatoms. The van der Waals surface area contributed by atoms with Gasteiger partial charge in [-0.15, -0.1) is 0 Å². The molecule has 130 valence electrons. The highest BCUT2D eigenvalue weighted by Gasteiger charge is 2.26. The summed E-state index contributed by atoms with van der Waals surface area (Å²) in [5.74, 6) is 0.401. The summed E-state index contributed by atoms with van der Waals surface area (Å²) in [4.78, 5) is 23.6. The number of ether oxygens (including phenoxy) is 3. The highest BCUT2D eigenvalue weighted by Crippen LogP contribution is 2.28. The Labute approximate surface area is 141 Å². The van der Waals surface area contributed by atoms with Crippen molar-refractivity contribution in [3.8, 4) is 11.5 Å². The van der Waals surface area contributed by atoms with Gasteiger partial charge in [0.25, 0.3) is 5.91 Å². The number of nitrogens with one attached hydrogen (secondary N) is 1. The van der Waals surface area contributed by atoms with E-state index in [2.05, 4.69) is 5.32 Å². The van der Waals surface area contributed by atoms with Gasteiger partial charge >= 0.3 is 5.97 Å². The van der Waals surface area contributed by atoms with Crippen LogP contribution in [-0.4, -0.2) is 37.7 Å². The van der Waals surface area contributed by atoms with E-state index in [-0.39, 0.29) is 11.9 Å². The Balaban J connectivity index is 1.91. The van der Waals surface area contributed by atoms with Gasteiger partial charge in [0.15, 0.2) is 17.6 Å². The minimum absolute atomic E-state index is 0.241. The molecule has 0 saturated heterocycles. The number of esters is 1. The second kappa shape index (κ2) is 8.38. The van der Waals surface area contributed by atoms with Crippen molar-refractivity contribution >= 4 is 18.0 Å². The number of benzene rings is 1. The van der Waals surface area contributed by atoms with E-state index < -0.39 is 12.1 Å². The Morgan fingerprint density at radius 3 is 2.71 bits per heavy atom. The monoisotopic (exact) mass is 333 g/mol. The van der Waals surface area contributed by atoms with Gasteiger partial charge in [-0.2, -0.15) is 0 Å². The predicted octanol–water partition coefficient (Wildman–Crippen LogP) is 2.32. The second-order valence-electron chi connectivity index (χ2n) is 5.54. The van der Waals surface area contributed by atoms with Crippen molar-refractivity contribution in [1.82, 2.24) is 5.32 Å². The van der Waals surface area contributed by atoms with Crippen molar-refractivity contribution in [3.63, 3.8) is 0 Å². The maximum atomic E-state index is 11.8. The first-order valence-corrected chi connectivity index (χ1v) is 8.03. The van der Waals surface area contributed by atoms with Crippen molar-refractivity contribution < 1.29 is 23.8 Å². The summed E-state index contributed by atoms with van der Waals surface area (Å²) < 4.78 is 15.8. The molecule has 1 unspecified atom stereocenters. The summed E-state index contributed by atoms with van der Waals surface area (Å²) in [6.45, 7) is 3.99. The van der Waals surface area contributed by atoms with E-state index in [1.165, 1.54) is 6.08 Å².